The summed E-state index contributed by atoms with van der Waals surface area (Å²) in [5.41, 5.74) is 5.24. The zero-order valence-electron chi connectivity index (χ0n) is 14.4. The van der Waals surface area contributed by atoms with Gasteiger partial charge >= 0.3 is 11.9 Å². The molecule has 132 valence electrons. The minimum Gasteiger partial charge on any atom is -0.466 e. The Labute approximate surface area is 151 Å². The number of carbonyl (C=O) groups excluding carboxylic acids is 2. The van der Waals surface area contributed by atoms with Gasteiger partial charge in [0.1, 0.15) is 0 Å². The maximum atomic E-state index is 12.7. The van der Waals surface area contributed by atoms with Crippen molar-refractivity contribution in [3.8, 4) is 0 Å². The minimum absolute atomic E-state index is 0.0961. The van der Waals surface area contributed by atoms with E-state index in [0.717, 1.165) is 11.1 Å². The first-order chi connectivity index (χ1) is 12.7. The van der Waals surface area contributed by atoms with Crippen LogP contribution in [0.5, 0.6) is 0 Å². The molecule has 0 aromatic heterocycles. The highest BCUT2D eigenvalue weighted by atomic mass is 16.5. The predicted molar refractivity (Wildman–Crippen MR) is 97.1 cm³/mol. The SMILES string of the molecule is COC(=O)C1=NNC(c2ccccc2)=C(C(=O)OC)C1c1ccccc1. The molecule has 1 aliphatic heterocycles. The molecule has 3 rings (SSSR count). The molecule has 1 heterocycles. The van der Waals surface area contributed by atoms with Gasteiger partial charge in [0.2, 0.25) is 0 Å². The molecule has 6 nitrogen and oxygen atoms in total. The van der Waals surface area contributed by atoms with E-state index in [1.54, 1.807) is 0 Å². The average Bonchev–Trinajstić information content (AvgIpc) is 2.72. The van der Waals surface area contributed by atoms with Crippen LogP contribution in [0, 0.1) is 0 Å². The summed E-state index contributed by atoms with van der Waals surface area (Å²) in [6.07, 6.45) is 0. The summed E-state index contributed by atoms with van der Waals surface area (Å²) >= 11 is 0. The lowest BCUT2D eigenvalue weighted by Crippen LogP contribution is -2.35. The first-order valence-corrected chi connectivity index (χ1v) is 8.02. The minimum atomic E-state index is -0.701. The first kappa shape index (κ1) is 17.4. The molecule has 1 atom stereocenters. The van der Waals surface area contributed by atoms with Crippen molar-refractivity contribution in [2.24, 2.45) is 5.10 Å². The van der Waals surface area contributed by atoms with Gasteiger partial charge in [0, 0.05) is 5.56 Å². The van der Waals surface area contributed by atoms with Gasteiger partial charge < -0.3 is 9.47 Å². The van der Waals surface area contributed by atoms with Crippen molar-refractivity contribution in [2.45, 2.75) is 5.92 Å². The van der Waals surface area contributed by atoms with Crippen LogP contribution in [-0.2, 0) is 19.1 Å². The van der Waals surface area contributed by atoms with Crippen molar-refractivity contribution >= 4 is 23.3 Å². The summed E-state index contributed by atoms with van der Waals surface area (Å²) in [6, 6.07) is 18.5. The number of hydrazone groups is 1. The smallest absolute Gasteiger partial charge is 0.355 e. The number of benzene rings is 2. The van der Waals surface area contributed by atoms with Gasteiger partial charge in [0.15, 0.2) is 5.71 Å². The van der Waals surface area contributed by atoms with Crippen molar-refractivity contribution in [3.05, 3.63) is 77.4 Å². The van der Waals surface area contributed by atoms with Crippen LogP contribution >= 0.6 is 0 Å². The van der Waals surface area contributed by atoms with Gasteiger partial charge in [-0.05, 0) is 5.56 Å². The molecule has 1 unspecified atom stereocenters. The Kier molecular flexibility index (Phi) is 5.12. The quantitative estimate of drug-likeness (QED) is 0.858. The van der Waals surface area contributed by atoms with E-state index in [-0.39, 0.29) is 5.71 Å². The second-order valence-electron chi connectivity index (χ2n) is 5.59. The summed E-state index contributed by atoms with van der Waals surface area (Å²) < 4.78 is 9.87. The average molecular weight is 350 g/mol. The summed E-state index contributed by atoms with van der Waals surface area (Å²) in [6.45, 7) is 0. The molecule has 6 heteroatoms. The van der Waals surface area contributed by atoms with E-state index in [1.807, 2.05) is 60.7 Å². The molecule has 0 bridgehead atoms. The van der Waals surface area contributed by atoms with Gasteiger partial charge in [-0.1, -0.05) is 60.7 Å². The number of esters is 2. The highest BCUT2D eigenvalue weighted by Crippen LogP contribution is 2.35. The topological polar surface area (TPSA) is 77.0 Å². The second-order valence-corrected chi connectivity index (χ2v) is 5.59. The number of hydrogen-bond donors (Lipinski definition) is 1. The number of ether oxygens (including phenoxy) is 2. The zero-order chi connectivity index (χ0) is 18.5. The Bertz CT molecular complexity index is 873. The van der Waals surface area contributed by atoms with Crippen molar-refractivity contribution in [1.82, 2.24) is 5.43 Å². The number of hydrogen-bond acceptors (Lipinski definition) is 6. The van der Waals surface area contributed by atoms with E-state index < -0.39 is 17.9 Å². The molecule has 0 amide bonds. The zero-order valence-corrected chi connectivity index (χ0v) is 14.4. The van der Waals surface area contributed by atoms with E-state index in [4.69, 9.17) is 9.47 Å². The van der Waals surface area contributed by atoms with Crippen LogP contribution in [0.4, 0.5) is 0 Å². The summed E-state index contributed by atoms with van der Waals surface area (Å²) in [4.78, 5) is 24.9. The van der Waals surface area contributed by atoms with Crippen molar-refractivity contribution < 1.29 is 19.1 Å². The number of nitrogens with zero attached hydrogens (tertiary/aromatic N) is 1. The van der Waals surface area contributed by atoms with Crippen LogP contribution in [-0.4, -0.2) is 31.9 Å². The lowest BCUT2D eigenvalue weighted by molar-refractivity contribution is -0.136. The van der Waals surface area contributed by atoms with E-state index in [9.17, 15) is 9.59 Å². The fourth-order valence-electron chi connectivity index (χ4n) is 2.91. The number of carbonyl (C=O) groups is 2. The lowest BCUT2D eigenvalue weighted by Gasteiger charge is -2.27. The van der Waals surface area contributed by atoms with E-state index in [2.05, 4.69) is 10.5 Å². The van der Waals surface area contributed by atoms with Gasteiger partial charge in [0.05, 0.1) is 31.4 Å². The van der Waals surface area contributed by atoms with E-state index in [1.165, 1.54) is 14.2 Å². The first-order valence-electron chi connectivity index (χ1n) is 8.02. The molecular weight excluding hydrogens is 332 g/mol. The van der Waals surface area contributed by atoms with Crippen LogP contribution in [0.1, 0.15) is 17.0 Å². The summed E-state index contributed by atoms with van der Waals surface area (Å²) in [5, 5.41) is 4.21. The third kappa shape index (κ3) is 3.21. The molecule has 1 aliphatic rings. The molecule has 26 heavy (non-hydrogen) atoms. The monoisotopic (exact) mass is 350 g/mol. The van der Waals surface area contributed by atoms with Crippen molar-refractivity contribution in [1.29, 1.82) is 0 Å². The summed E-state index contributed by atoms with van der Waals surface area (Å²) in [7, 11) is 2.59. The third-order valence-electron chi connectivity index (χ3n) is 4.11. The molecule has 1 N–H and O–H groups in total. The van der Waals surface area contributed by atoms with Crippen molar-refractivity contribution in [3.63, 3.8) is 0 Å². The van der Waals surface area contributed by atoms with Crippen LogP contribution in [0.3, 0.4) is 0 Å². The molecule has 0 saturated heterocycles. The third-order valence-corrected chi connectivity index (χ3v) is 4.11. The molecule has 0 aliphatic carbocycles. The molecule has 0 fully saturated rings. The van der Waals surface area contributed by atoms with Gasteiger partial charge in [-0.15, -0.1) is 0 Å². The fraction of sp³-hybridized carbons (Fsp3) is 0.150. The van der Waals surface area contributed by atoms with Crippen LogP contribution in [0.25, 0.3) is 5.70 Å². The molecule has 0 saturated carbocycles. The van der Waals surface area contributed by atoms with Crippen LogP contribution in [0.2, 0.25) is 0 Å². The molecule has 0 radical (unpaired) electrons. The van der Waals surface area contributed by atoms with E-state index in [0.29, 0.717) is 11.3 Å². The van der Waals surface area contributed by atoms with E-state index >= 15 is 0 Å². The molecule has 2 aromatic rings. The summed E-state index contributed by atoms with van der Waals surface area (Å²) in [5.74, 6) is -1.85. The van der Waals surface area contributed by atoms with Crippen LogP contribution in [0.15, 0.2) is 71.3 Å². The lowest BCUT2D eigenvalue weighted by atomic mass is 9.83. The Morgan fingerprint density at radius 1 is 0.885 bits per heavy atom. The Morgan fingerprint density at radius 2 is 1.46 bits per heavy atom. The second kappa shape index (κ2) is 7.65. The van der Waals surface area contributed by atoms with Gasteiger partial charge in [-0.25, -0.2) is 9.59 Å². The van der Waals surface area contributed by atoms with Crippen LogP contribution < -0.4 is 5.43 Å². The normalized spacial score (nSPS) is 16.4. The Morgan fingerprint density at radius 3 is 2.04 bits per heavy atom. The molecule has 2 aromatic carbocycles. The number of methoxy groups -OCH3 is 2. The highest BCUT2D eigenvalue weighted by molar-refractivity contribution is 6.41. The standard InChI is InChI=1S/C20H18N2O4/c1-25-19(23)16-15(13-9-5-3-6-10-13)18(20(24)26-2)22-21-17(16)14-11-7-4-8-12-14/h3-12,15,21H,1-2H3. The predicted octanol–water partition coefficient (Wildman–Crippen LogP) is 2.49. The fourth-order valence-corrected chi connectivity index (χ4v) is 2.91. The molecule has 0 spiro atoms. The largest absolute Gasteiger partial charge is 0.466 e. The van der Waals surface area contributed by atoms with Crippen molar-refractivity contribution in [2.75, 3.05) is 14.2 Å². The number of rotatable bonds is 4. The Balaban J connectivity index is 2.23. The Hall–Kier alpha value is -3.41. The molecular formula is C20H18N2O4. The van der Waals surface area contributed by atoms with Gasteiger partial charge in [0.25, 0.3) is 0 Å². The number of nitrogens with one attached hydrogen (secondary N) is 1. The maximum Gasteiger partial charge on any atom is 0.355 e. The maximum absolute atomic E-state index is 12.7. The van der Waals surface area contributed by atoms with Gasteiger partial charge in [-0.3, -0.25) is 5.43 Å². The van der Waals surface area contributed by atoms with Gasteiger partial charge in [-0.2, -0.15) is 5.10 Å². The highest BCUT2D eigenvalue weighted by Gasteiger charge is 2.38.